The lowest BCUT2D eigenvalue weighted by molar-refractivity contribution is -0.154. The molecule has 4 rings (SSSR count). The molecule has 0 aromatic rings. The maximum Gasteiger partial charge on any atom is 0.311 e. The van der Waals surface area contributed by atoms with E-state index < -0.39 is 27.4 Å². The minimum Gasteiger partial charge on any atom is -0.465 e. The van der Waals surface area contributed by atoms with Crippen LogP contribution in [0.3, 0.4) is 0 Å². The Labute approximate surface area is 213 Å². The molecule has 1 spiro atoms. The number of aliphatic hydroxyl groups is 1. The Hall–Kier alpha value is -1.80. The van der Waals surface area contributed by atoms with Crippen LogP contribution in [0.4, 0.5) is 0 Å². The lowest BCUT2D eigenvalue weighted by atomic mass is 9.74. The minimum absolute atomic E-state index is 0.0101. The Morgan fingerprint density at radius 1 is 1.03 bits per heavy atom. The molecule has 2 amide bonds. The van der Waals surface area contributed by atoms with Crippen LogP contribution >= 0.6 is 11.8 Å². The molecule has 0 saturated carbocycles. The smallest absolute Gasteiger partial charge is 0.311 e. The first-order valence-electron chi connectivity index (χ1n) is 13.3. The lowest BCUT2D eigenvalue weighted by Gasteiger charge is -2.37. The summed E-state index contributed by atoms with van der Waals surface area (Å²) in [6.45, 7) is 6.30. The number of allylic oxidation sites excluding steroid dienone is 1. The van der Waals surface area contributed by atoms with Crippen LogP contribution < -0.4 is 0 Å². The Bertz CT molecular complexity index is 876. The highest BCUT2D eigenvalue weighted by Crippen LogP contribution is 2.65. The van der Waals surface area contributed by atoms with Crippen molar-refractivity contribution in [2.24, 2.45) is 11.8 Å². The average Bonchev–Trinajstić information content (AvgIpc) is 3.18. The number of rotatable bonds is 9. The van der Waals surface area contributed by atoms with Gasteiger partial charge in [-0.25, -0.2) is 0 Å². The minimum atomic E-state index is -0.799. The van der Waals surface area contributed by atoms with Crippen molar-refractivity contribution >= 4 is 29.5 Å². The number of unbranched alkanes of at least 4 members (excludes halogenated alkanes) is 4. The molecule has 4 heterocycles. The van der Waals surface area contributed by atoms with Crippen molar-refractivity contribution in [3.63, 3.8) is 0 Å². The number of likely N-dealkylation sites (tertiary alicyclic amines) is 1. The number of thioether (sulfide) groups is 1. The predicted octanol–water partition coefficient (Wildman–Crippen LogP) is 3.32. The van der Waals surface area contributed by atoms with Gasteiger partial charge >= 0.3 is 5.97 Å². The van der Waals surface area contributed by atoms with Crippen LogP contribution in [0.2, 0.25) is 0 Å². The van der Waals surface area contributed by atoms with Crippen molar-refractivity contribution in [3.05, 3.63) is 24.3 Å². The molecule has 0 radical (unpaired) electrons. The Balaban J connectivity index is 1.74. The second-order valence-corrected chi connectivity index (χ2v) is 12.2. The van der Waals surface area contributed by atoms with Crippen molar-refractivity contribution in [1.82, 2.24) is 9.80 Å². The Morgan fingerprint density at radius 3 is 2.60 bits per heavy atom. The van der Waals surface area contributed by atoms with E-state index in [-0.39, 0.29) is 24.4 Å². The number of fused-ring (bicyclic) bond motifs is 2. The van der Waals surface area contributed by atoms with Crippen molar-refractivity contribution in [3.8, 4) is 0 Å². The van der Waals surface area contributed by atoms with Crippen LogP contribution in [-0.2, 0) is 19.1 Å². The fraction of sp³-hybridized carbons (Fsp3) is 0.741. The van der Waals surface area contributed by atoms with E-state index in [4.69, 9.17) is 4.74 Å². The standard InChI is InChI=1S/C27H40N2O5S/c1-3-4-8-15-28-16-12-14-27-20(21-25(33)34-19-11-5-7-13-26(21,2)35-27)23(31)29(22(27)24(28)32)17-9-6-10-18-30/h7,12-14,20-22,30H,3-6,8-11,15-19H2,1-2H3/b13-7-/t20-,21+,22?,26-,27-/m0/s1. The van der Waals surface area contributed by atoms with Gasteiger partial charge in [0, 0.05) is 31.0 Å². The highest BCUT2D eigenvalue weighted by atomic mass is 32.2. The van der Waals surface area contributed by atoms with E-state index in [1.54, 1.807) is 16.7 Å². The molecular weight excluding hydrogens is 464 g/mol. The number of hydrogen-bond donors (Lipinski definition) is 1. The van der Waals surface area contributed by atoms with Crippen LogP contribution in [-0.4, -0.2) is 81.1 Å². The van der Waals surface area contributed by atoms with Gasteiger partial charge in [0.15, 0.2) is 0 Å². The highest BCUT2D eigenvalue weighted by Gasteiger charge is 2.73. The summed E-state index contributed by atoms with van der Waals surface area (Å²) in [6, 6.07) is -0.632. The lowest BCUT2D eigenvalue weighted by Crippen LogP contribution is -2.53. The summed E-state index contributed by atoms with van der Waals surface area (Å²) in [6.07, 6.45) is 15.1. The summed E-state index contributed by atoms with van der Waals surface area (Å²) in [5.41, 5.74) is 0. The van der Waals surface area contributed by atoms with Crippen LogP contribution in [0, 0.1) is 11.8 Å². The van der Waals surface area contributed by atoms with Crippen molar-refractivity contribution in [2.75, 3.05) is 32.8 Å². The van der Waals surface area contributed by atoms with E-state index in [0.717, 1.165) is 44.9 Å². The molecule has 0 bridgehead atoms. The summed E-state index contributed by atoms with van der Waals surface area (Å²) < 4.78 is 4.24. The summed E-state index contributed by atoms with van der Waals surface area (Å²) in [4.78, 5) is 45.2. The molecule has 194 valence electrons. The maximum atomic E-state index is 14.1. The number of nitrogens with zero attached hydrogens (tertiary/aromatic N) is 2. The predicted molar refractivity (Wildman–Crippen MR) is 137 cm³/mol. The van der Waals surface area contributed by atoms with Crippen LogP contribution in [0.1, 0.15) is 65.2 Å². The molecule has 1 unspecified atom stereocenters. The van der Waals surface area contributed by atoms with Gasteiger partial charge in [-0.15, -0.1) is 11.8 Å². The van der Waals surface area contributed by atoms with Gasteiger partial charge in [0.1, 0.15) is 6.04 Å². The largest absolute Gasteiger partial charge is 0.465 e. The quantitative estimate of drug-likeness (QED) is 0.295. The molecule has 5 atom stereocenters. The van der Waals surface area contributed by atoms with Gasteiger partial charge in [0.2, 0.25) is 11.8 Å². The molecule has 7 nitrogen and oxygen atoms in total. The fourth-order valence-electron chi connectivity index (χ4n) is 6.25. The van der Waals surface area contributed by atoms with Crippen LogP contribution in [0.15, 0.2) is 24.3 Å². The van der Waals surface area contributed by atoms with Gasteiger partial charge in [0.05, 0.1) is 23.2 Å². The zero-order valence-corrected chi connectivity index (χ0v) is 21.9. The zero-order chi connectivity index (χ0) is 25.1. The molecule has 4 aliphatic rings. The monoisotopic (exact) mass is 504 g/mol. The van der Waals surface area contributed by atoms with Gasteiger partial charge in [-0.05, 0) is 45.4 Å². The van der Waals surface area contributed by atoms with Crippen molar-refractivity contribution in [1.29, 1.82) is 0 Å². The zero-order valence-electron chi connectivity index (χ0n) is 21.1. The third kappa shape index (κ3) is 4.80. The normalized spacial score (nSPS) is 35.5. The van der Waals surface area contributed by atoms with E-state index in [0.29, 0.717) is 32.7 Å². The number of ether oxygens (including phenoxy) is 1. The molecule has 4 aliphatic heterocycles. The first-order valence-corrected chi connectivity index (χ1v) is 14.1. The summed E-state index contributed by atoms with van der Waals surface area (Å²) in [5, 5.41) is 9.19. The van der Waals surface area contributed by atoms with Crippen LogP contribution in [0.5, 0.6) is 0 Å². The number of aliphatic hydroxyl groups excluding tert-OH is 1. The molecule has 0 aliphatic carbocycles. The topological polar surface area (TPSA) is 87.2 Å². The van der Waals surface area contributed by atoms with E-state index >= 15 is 0 Å². The van der Waals surface area contributed by atoms with Gasteiger partial charge in [0.25, 0.3) is 0 Å². The SMILES string of the molecule is CCCCCN1CC=C[C@]23S[C@@]4(C)/C=C\CCCOC(=O)[C@H]4[C@H]2C(=O)N(CCCCCO)C3C1=O. The number of carbonyl (C=O) groups excluding carboxylic acids is 3. The molecular formula is C27H40N2O5S. The molecule has 1 N–H and O–H groups in total. The van der Waals surface area contributed by atoms with Gasteiger partial charge in [-0.3, -0.25) is 14.4 Å². The summed E-state index contributed by atoms with van der Waals surface area (Å²) in [7, 11) is 0. The Morgan fingerprint density at radius 2 is 1.83 bits per heavy atom. The summed E-state index contributed by atoms with van der Waals surface area (Å²) in [5.74, 6) is -1.72. The number of carbonyl (C=O) groups is 3. The second-order valence-electron chi connectivity index (χ2n) is 10.4. The van der Waals surface area contributed by atoms with E-state index in [1.165, 1.54) is 0 Å². The van der Waals surface area contributed by atoms with Crippen molar-refractivity contribution < 1.29 is 24.2 Å². The Kier molecular flexibility index (Phi) is 8.31. The third-order valence-corrected chi connectivity index (χ3v) is 9.72. The first-order chi connectivity index (χ1) is 16.9. The van der Waals surface area contributed by atoms with Gasteiger partial charge < -0.3 is 19.6 Å². The van der Waals surface area contributed by atoms with Crippen molar-refractivity contribution in [2.45, 2.75) is 80.7 Å². The van der Waals surface area contributed by atoms with E-state index in [1.807, 2.05) is 17.9 Å². The highest BCUT2D eigenvalue weighted by molar-refractivity contribution is 8.02. The number of esters is 1. The van der Waals surface area contributed by atoms with Gasteiger partial charge in [-0.2, -0.15) is 0 Å². The number of hydrogen-bond acceptors (Lipinski definition) is 6. The molecule has 2 fully saturated rings. The molecule has 0 aromatic carbocycles. The maximum absolute atomic E-state index is 14.1. The summed E-state index contributed by atoms with van der Waals surface area (Å²) >= 11 is 1.61. The molecule has 35 heavy (non-hydrogen) atoms. The van der Waals surface area contributed by atoms with Crippen LogP contribution in [0.25, 0.3) is 0 Å². The first kappa shape index (κ1) is 26.3. The number of cyclic esters (lactones) is 1. The fourth-order valence-corrected chi connectivity index (χ4v) is 8.40. The second kappa shape index (κ2) is 11.1. The number of amides is 2. The average molecular weight is 505 g/mol. The third-order valence-electron chi connectivity index (χ3n) is 7.92. The molecule has 2 saturated heterocycles. The van der Waals surface area contributed by atoms with E-state index in [2.05, 4.69) is 25.2 Å². The molecule has 0 aromatic heterocycles. The van der Waals surface area contributed by atoms with Gasteiger partial charge in [-0.1, -0.05) is 44.1 Å². The van der Waals surface area contributed by atoms with E-state index in [9.17, 15) is 19.5 Å². The molecule has 8 heteroatoms.